The van der Waals surface area contributed by atoms with Crippen LogP contribution in [0.1, 0.15) is 134 Å². The van der Waals surface area contributed by atoms with Crippen molar-refractivity contribution in [2.75, 3.05) is 69.9 Å². The zero-order chi connectivity index (χ0) is 82.3. The number of allylic oxidation sites excluding steroid dienone is 1. The number of carbonyl (C=O) groups is 3. The Morgan fingerprint density at radius 3 is 1.28 bits per heavy atom. The van der Waals surface area contributed by atoms with E-state index in [4.69, 9.17) is 50.9 Å². The smallest absolute Gasteiger partial charge is 0.508 e. The van der Waals surface area contributed by atoms with Crippen LogP contribution in [0.25, 0.3) is 65.8 Å². The number of ether oxygens (including phenoxy) is 3. The highest BCUT2D eigenvalue weighted by atomic mass is 31.2. The molecule has 2 amide bonds. The van der Waals surface area contributed by atoms with Crippen LogP contribution < -0.4 is 32.4 Å². The summed E-state index contributed by atoms with van der Waals surface area (Å²) in [5, 5.41) is 38.8. The number of nitrogen functional groups attached to an aromatic ring is 3. The van der Waals surface area contributed by atoms with Crippen molar-refractivity contribution in [3.63, 3.8) is 0 Å². The lowest BCUT2D eigenvalue weighted by Gasteiger charge is -2.14. The number of nitrogens with two attached hydrogens (primary N) is 3. The van der Waals surface area contributed by atoms with Crippen molar-refractivity contribution in [2.45, 2.75) is 144 Å². The summed E-state index contributed by atoms with van der Waals surface area (Å²) in [7, 11) is -4.66. The molecule has 27 nitrogen and oxygen atoms in total. The van der Waals surface area contributed by atoms with E-state index in [1.54, 1.807) is 37.3 Å². The normalized spacial score (nSPS) is 11.5. The van der Waals surface area contributed by atoms with Crippen LogP contribution in [0.5, 0.6) is 23.0 Å². The van der Waals surface area contributed by atoms with Gasteiger partial charge in [0.15, 0.2) is 34.7 Å². The average molecular weight is 1590 g/mol. The molecule has 6 aromatic heterocycles. The van der Waals surface area contributed by atoms with E-state index < -0.39 is 7.82 Å². The quantitative estimate of drug-likeness (QED) is 0.00740. The lowest BCUT2D eigenvalue weighted by atomic mass is 10.1. The molecule has 12 aromatic rings. The molecule has 0 saturated carbocycles. The molecular formula is C87H105N14O13P. The second-order valence-corrected chi connectivity index (χ2v) is 29.4. The molecule has 28 heteroatoms. The van der Waals surface area contributed by atoms with Gasteiger partial charge in [-0.2, -0.15) is 0 Å². The Balaban J connectivity index is 0.000000183. The molecule has 12 rings (SSSR count). The number of phenols is 3. The van der Waals surface area contributed by atoms with Gasteiger partial charge in [-0.15, -0.1) is 0 Å². The number of fused-ring (bicyclic) bond motifs is 9. The van der Waals surface area contributed by atoms with Crippen molar-refractivity contribution >= 4 is 109 Å². The topological polar surface area (TPSA) is 401 Å². The minimum atomic E-state index is -4.66. The number of aromatic nitrogens is 9. The highest BCUT2D eigenvalue weighted by molar-refractivity contribution is 7.46. The predicted molar refractivity (Wildman–Crippen MR) is 452 cm³/mol. The summed E-state index contributed by atoms with van der Waals surface area (Å²) in [6.45, 7) is 25.7. The molecule has 0 spiro atoms. The number of rotatable bonds is 39. The second kappa shape index (κ2) is 40.9. The fourth-order valence-electron chi connectivity index (χ4n) is 13.6. The number of para-hydroxylation sites is 1. The van der Waals surface area contributed by atoms with Gasteiger partial charge < -0.3 is 75.6 Å². The maximum Gasteiger partial charge on any atom is 0.524 e. The molecule has 0 aliphatic heterocycles. The van der Waals surface area contributed by atoms with Crippen LogP contribution in [0, 0.1) is 13.8 Å². The van der Waals surface area contributed by atoms with Crippen LogP contribution >= 0.6 is 7.82 Å². The van der Waals surface area contributed by atoms with Crippen LogP contribution in [0.4, 0.5) is 17.5 Å². The van der Waals surface area contributed by atoms with Crippen molar-refractivity contribution in [3.05, 3.63) is 209 Å². The second-order valence-electron chi connectivity index (χ2n) is 28.2. The highest BCUT2D eigenvalue weighted by Crippen LogP contribution is 2.41. The maximum atomic E-state index is 11.3. The third-order valence-corrected chi connectivity index (χ3v) is 20.1. The Morgan fingerprint density at radius 2 is 0.878 bits per heavy atom. The van der Waals surface area contributed by atoms with Crippen LogP contribution in [0.3, 0.4) is 0 Å². The van der Waals surface area contributed by atoms with Crippen molar-refractivity contribution in [3.8, 4) is 23.0 Å². The van der Waals surface area contributed by atoms with Crippen molar-refractivity contribution in [1.29, 1.82) is 0 Å². The van der Waals surface area contributed by atoms with Crippen molar-refractivity contribution in [2.24, 2.45) is 0 Å². The molecule has 0 atom stereocenters. The number of unbranched alkanes of at least 4 members (excludes halogenated alkanes) is 3. The number of benzene rings is 6. The van der Waals surface area contributed by atoms with Crippen LogP contribution in [-0.4, -0.2) is 139 Å². The molecule has 115 heavy (non-hydrogen) atoms. The summed E-state index contributed by atoms with van der Waals surface area (Å²) < 4.78 is 39.8. The van der Waals surface area contributed by atoms with Gasteiger partial charge in [0.05, 0.1) is 72.7 Å². The number of phenolic OH excluding ortho intramolecular Hbond substituents is 3. The lowest BCUT2D eigenvalue weighted by Crippen LogP contribution is -2.25. The first kappa shape index (κ1) is 85.8. The van der Waals surface area contributed by atoms with E-state index >= 15 is 0 Å². The first-order chi connectivity index (χ1) is 55.4. The number of amides is 2. The fourth-order valence-corrected chi connectivity index (χ4v) is 14.1. The number of carbonyl (C=O) groups excluding carboxylic acids is 3. The number of phosphoric ester groups is 1. The van der Waals surface area contributed by atoms with E-state index in [2.05, 4.69) is 104 Å². The van der Waals surface area contributed by atoms with Gasteiger partial charge in [0.1, 0.15) is 45.5 Å². The fraction of sp³-hybridized carbons (Fsp3) is 0.345. The average Bonchev–Trinajstić information content (AvgIpc) is 1.63. The van der Waals surface area contributed by atoms with Crippen LogP contribution in [0.15, 0.2) is 147 Å². The third kappa shape index (κ3) is 22.7. The van der Waals surface area contributed by atoms with Gasteiger partial charge in [-0.3, -0.25) is 24.2 Å². The van der Waals surface area contributed by atoms with E-state index in [0.29, 0.717) is 143 Å². The molecule has 13 N–H and O–H groups in total. The number of aromatic hydroxyl groups is 3. The molecule has 0 aliphatic carbocycles. The largest absolute Gasteiger partial charge is 0.524 e. The van der Waals surface area contributed by atoms with E-state index in [9.17, 15) is 44.1 Å². The first-order valence-corrected chi connectivity index (χ1v) is 40.5. The standard InChI is InChI=1S/C30H36N4O3.C29H36N5O6P.C28H33N5O4/c1-4-6-9-27-33-28-29(34(27)19-22-11-13-26(36)20(3)17-22)24-18-21(10-12-25(24)32-30(28)31)14-16-37-15-7-8-23(35)5-2;1-4-6-7-25-33-27-28(34(25)18-21-9-11-24(19(3)16-21)40-41(36,37)38)22-17-20(8-10-23(22)32-29(27)30)12-14-39-15-13-31-26(35)5-2;1-3-5-9-23-32-25-26(33(23)17-19-7-6-8-22(34)27(19)36)20-16-18(10-11-21(20)31-28(25)29)12-14-37-15-13-30-24(35)4-2/h5,10-13,17-18,36H,2,4,6-9,14-16,19H2,1,3H3,(H2,31,32);5,8-11,16-17H,2,4,6-7,12-15,18H2,1,3H3,(H2,30,32)(H,31,35)(H2,36,37,38);4,6-8,10-11,16,34,36H,2-3,5,9,12-15,17H2,1H3,(H2,29,31)(H,30,35). The van der Waals surface area contributed by atoms with Gasteiger partial charge in [0.2, 0.25) is 11.8 Å². The molecule has 0 bridgehead atoms. The first-order valence-electron chi connectivity index (χ1n) is 39.0. The number of pyridine rings is 3. The maximum absolute atomic E-state index is 11.3. The number of aryl methyl sites for hydroxylation is 5. The van der Waals surface area contributed by atoms with Crippen molar-refractivity contribution in [1.82, 2.24) is 54.2 Å². The summed E-state index contributed by atoms with van der Waals surface area (Å²) in [6.07, 6.45) is 15.5. The number of phosphoric acid groups is 1. The molecule has 0 unspecified atom stereocenters. The number of hydrogen-bond donors (Lipinski definition) is 10. The molecule has 0 saturated heterocycles. The van der Waals surface area contributed by atoms with E-state index in [1.165, 1.54) is 24.3 Å². The van der Waals surface area contributed by atoms with Gasteiger partial charge >= 0.3 is 7.82 Å². The summed E-state index contributed by atoms with van der Waals surface area (Å²) in [5.74, 6) is 3.64. The zero-order valence-corrected chi connectivity index (χ0v) is 67.0. The Kier molecular flexibility index (Phi) is 30.6. The van der Waals surface area contributed by atoms with Crippen LogP contribution in [0.2, 0.25) is 0 Å². The minimum absolute atomic E-state index is 0.0475. The Bertz CT molecular complexity index is 5540. The zero-order valence-electron chi connectivity index (χ0n) is 66.1. The Morgan fingerprint density at radius 1 is 0.470 bits per heavy atom. The van der Waals surface area contributed by atoms with E-state index in [1.807, 2.05) is 55.5 Å². The summed E-state index contributed by atoms with van der Waals surface area (Å²) in [5.41, 5.74) is 33.6. The molecule has 0 radical (unpaired) electrons. The molecule has 6 heterocycles. The van der Waals surface area contributed by atoms with Gasteiger partial charge in [-0.1, -0.05) is 114 Å². The van der Waals surface area contributed by atoms with E-state index in [0.717, 1.165) is 170 Å². The van der Waals surface area contributed by atoms with Crippen molar-refractivity contribution < 1.29 is 62.8 Å². The summed E-state index contributed by atoms with van der Waals surface area (Å²) in [4.78, 5) is 80.9. The van der Waals surface area contributed by atoms with Crippen LogP contribution in [-0.2, 0) is 91.3 Å². The predicted octanol–water partition coefficient (Wildman–Crippen LogP) is 13.7. The van der Waals surface area contributed by atoms with Gasteiger partial charge in [0, 0.05) is 80.2 Å². The number of imidazole rings is 3. The number of nitrogens with zero attached hydrogens (tertiary/aromatic N) is 9. The number of ketones is 1. The molecular weight excluding hydrogens is 1480 g/mol. The molecule has 0 aliphatic rings. The molecule has 6 aromatic carbocycles. The van der Waals surface area contributed by atoms with Gasteiger partial charge in [-0.25, -0.2) is 34.5 Å². The number of nitrogens with one attached hydrogen (secondary N) is 2. The van der Waals surface area contributed by atoms with Gasteiger partial charge in [-0.05, 0) is 171 Å². The van der Waals surface area contributed by atoms with E-state index in [-0.39, 0.29) is 34.8 Å². The minimum Gasteiger partial charge on any atom is -0.508 e. The SMILES string of the molecule is C=CC(=O)CCCOCCc1ccc2nc(N)c3nc(CCCC)n(Cc4ccc(O)c(C)c4)c3c2c1.C=CC(=O)NCCOCCc1ccc2nc(N)c3nc(CCCC)n(Cc4ccc(OP(=O)(O)O)c(C)c4)c3c2c1.C=CC(=O)NCCOCCc1ccc2nc(N)c3nc(CCCC)n(Cc4cccc(O)c4O)c3c2c1. The Labute approximate surface area is 668 Å². The monoisotopic (exact) mass is 1580 g/mol. The third-order valence-electron chi connectivity index (χ3n) is 19.6. The van der Waals surface area contributed by atoms with Gasteiger partial charge in [0.25, 0.3) is 0 Å². The molecule has 0 fully saturated rings. The number of hydrogen-bond acceptors (Lipinski definition) is 20. The summed E-state index contributed by atoms with van der Waals surface area (Å²) in [6, 6.07) is 34.2. The molecule has 606 valence electrons. The highest BCUT2D eigenvalue weighted by Gasteiger charge is 2.24. The number of anilines is 3. The lowest BCUT2D eigenvalue weighted by molar-refractivity contribution is -0.117. The Hall–Kier alpha value is -11.6. The summed E-state index contributed by atoms with van der Waals surface area (Å²) >= 11 is 0.